The number of hydrogen-bond donors (Lipinski definition) is 6. The minimum Gasteiger partial charge on any atom is -0.465 e. The Bertz CT molecular complexity index is 1430. The number of nitrogens with one attached hydrogen (secondary N) is 1. The van der Waals surface area contributed by atoms with Crippen LogP contribution < -0.4 is 5.32 Å². The highest BCUT2D eigenvalue weighted by molar-refractivity contribution is 5.76. The van der Waals surface area contributed by atoms with Crippen LogP contribution in [0.15, 0.2) is 60.8 Å². The molecular formula is C64H115NO10. The highest BCUT2D eigenvalue weighted by Crippen LogP contribution is 2.23. The third-order valence-corrected chi connectivity index (χ3v) is 14.4. The molecule has 0 spiro atoms. The van der Waals surface area contributed by atoms with Crippen molar-refractivity contribution in [2.24, 2.45) is 0 Å². The van der Waals surface area contributed by atoms with E-state index in [0.717, 1.165) is 89.9 Å². The molecule has 7 atom stereocenters. The quantitative estimate of drug-likeness (QED) is 0.0195. The van der Waals surface area contributed by atoms with E-state index in [4.69, 9.17) is 14.2 Å². The van der Waals surface area contributed by atoms with E-state index in [-0.39, 0.29) is 18.5 Å². The highest BCUT2D eigenvalue weighted by atomic mass is 16.7. The van der Waals surface area contributed by atoms with E-state index < -0.39 is 49.5 Å². The smallest absolute Gasteiger partial charge is 0.305 e. The van der Waals surface area contributed by atoms with E-state index in [1.807, 2.05) is 6.08 Å². The van der Waals surface area contributed by atoms with Crippen molar-refractivity contribution in [3.8, 4) is 0 Å². The summed E-state index contributed by atoms with van der Waals surface area (Å²) in [6.07, 6.45) is 59.3. The zero-order valence-electron chi connectivity index (χ0n) is 48.0. The van der Waals surface area contributed by atoms with Crippen molar-refractivity contribution < 1.29 is 49.3 Å². The molecule has 0 aliphatic carbocycles. The molecule has 1 aliphatic heterocycles. The molecule has 75 heavy (non-hydrogen) atoms. The molecule has 0 aromatic rings. The molecular weight excluding hydrogens is 943 g/mol. The van der Waals surface area contributed by atoms with E-state index >= 15 is 0 Å². The molecule has 11 heteroatoms. The molecule has 436 valence electrons. The Morgan fingerprint density at radius 1 is 0.507 bits per heavy atom. The fraction of sp³-hybridized carbons (Fsp3) is 0.812. The van der Waals surface area contributed by atoms with Crippen LogP contribution in [-0.2, 0) is 23.8 Å². The van der Waals surface area contributed by atoms with Crippen LogP contribution in [0.2, 0.25) is 0 Å². The van der Waals surface area contributed by atoms with Crippen LogP contribution in [0.3, 0.4) is 0 Å². The first-order valence-corrected chi connectivity index (χ1v) is 31.1. The van der Waals surface area contributed by atoms with Crippen molar-refractivity contribution in [2.75, 3.05) is 19.8 Å². The van der Waals surface area contributed by atoms with Crippen LogP contribution in [0.5, 0.6) is 0 Å². The molecule has 1 rings (SSSR count). The number of unbranched alkanes of at least 4 members (excludes halogenated alkanes) is 31. The summed E-state index contributed by atoms with van der Waals surface area (Å²) < 4.78 is 16.6. The third-order valence-electron chi connectivity index (χ3n) is 14.4. The molecule has 6 N–H and O–H groups in total. The van der Waals surface area contributed by atoms with Gasteiger partial charge in [0, 0.05) is 12.8 Å². The number of ether oxygens (including phenoxy) is 3. The van der Waals surface area contributed by atoms with Crippen LogP contribution in [0.4, 0.5) is 0 Å². The Hall–Kier alpha value is -2.64. The number of amides is 1. The van der Waals surface area contributed by atoms with Crippen LogP contribution >= 0.6 is 0 Å². The molecule has 1 aliphatic rings. The Labute approximate surface area is 458 Å². The number of rotatable bonds is 53. The van der Waals surface area contributed by atoms with Crippen molar-refractivity contribution in [1.82, 2.24) is 5.32 Å². The first-order valence-electron chi connectivity index (χ1n) is 31.1. The zero-order chi connectivity index (χ0) is 54.5. The molecule has 1 amide bonds. The van der Waals surface area contributed by atoms with Crippen LogP contribution in [0.25, 0.3) is 0 Å². The van der Waals surface area contributed by atoms with Gasteiger partial charge in [0.05, 0.1) is 32.0 Å². The van der Waals surface area contributed by atoms with E-state index in [0.29, 0.717) is 19.4 Å². The number of hydrogen-bond acceptors (Lipinski definition) is 10. The van der Waals surface area contributed by atoms with Gasteiger partial charge in [0.1, 0.15) is 24.4 Å². The average molecular weight is 1060 g/mol. The summed E-state index contributed by atoms with van der Waals surface area (Å²) in [7, 11) is 0. The van der Waals surface area contributed by atoms with Gasteiger partial charge in [0.15, 0.2) is 6.29 Å². The van der Waals surface area contributed by atoms with Gasteiger partial charge in [-0.25, -0.2) is 0 Å². The summed E-state index contributed by atoms with van der Waals surface area (Å²) in [6, 6.07) is -0.838. The normalized spacial score (nSPS) is 19.2. The second-order valence-corrected chi connectivity index (χ2v) is 21.4. The molecule has 0 aromatic carbocycles. The summed E-state index contributed by atoms with van der Waals surface area (Å²) in [4.78, 5) is 25.1. The van der Waals surface area contributed by atoms with E-state index in [9.17, 15) is 35.1 Å². The lowest BCUT2D eigenvalue weighted by molar-refractivity contribution is -0.302. The summed E-state index contributed by atoms with van der Waals surface area (Å²) in [6.45, 7) is 4.09. The Morgan fingerprint density at radius 3 is 1.45 bits per heavy atom. The first kappa shape index (κ1) is 70.4. The second-order valence-electron chi connectivity index (χ2n) is 21.4. The fourth-order valence-corrected chi connectivity index (χ4v) is 9.49. The number of aliphatic hydroxyl groups excluding tert-OH is 5. The SMILES string of the molecule is CC/C=C/CC/C=C/CC/C=C/C(O)C(COC1OC(CO)C(O)C(O)C1O)NC(=O)CCCCCCCCCCCCCCCC/C=C\C/C=C\CCOC(=O)CCCCCCCCCCCCCCCCCC. The summed E-state index contributed by atoms with van der Waals surface area (Å²) >= 11 is 0. The van der Waals surface area contributed by atoms with Crippen LogP contribution in [0, 0.1) is 0 Å². The molecule has 0 aromatic heterocycles. The van der Waals surface area contributed by atoms with Gasteiger partial charge in [-0.2, -0.15) is 0 Å². The number of aliphatic hydroxyl groups is 5. The zero-order valence-corrected chi connectivity index (χ0v) is 48.0. The maximum absolute atomic E-state index is 13.0. The lowest BCUT2D eigenvalue weighted by Gasteiger charge is -2.40. The first-order chi connectivity index (χ1) is 36.7. The van der Waals surface area contributed by atoms with Crippen molar-refractivity contribution >= 4 is 11.9 Å². The van der Waals surface area contributed by atoms with Crippen LogP contribution in [-0.4, -0.2) is 100 Å². The van der Waals surface area contributed by atoms with Gasteiger partial charge in [-0.3, -0.25) is 9.59 Å². The van der Waals surface area contributed by atoms with Crippen molar-refractivity contribution in [2.45, 2.75) is 314 Å². The van der Waals surface area contributed by atoms with E-state index in [1.165, 1.54) is 154 Å². The lowest BCUT2D eigenvalue weighted by Crippen LogP contribution is -2.60. The van der Waals surface area contributed by atoms with Crippen molar-refractivity contribution in [3.05, 3.63) is 60.8 Å². The van der Waals surface area contributed by atoms with Gasteiger partial charge in [-0.15, -0.1) is 0 Å². The topological polar surface area (TPSA) is 175 Å². The van der Waals surface area contributed by atoms with Gasteiger partial charge >= 0.3 is 5.97 Å². The predicted molar refractivity (Wildman–Crippen MR) is 310 cm³/mol. The van der Waals surface area contributed by atoms with Gasteiger partial charge in [-0.1, -0.05) is 248 Å². The van der Waals surface area contributed by atoms with E-state index in [1.54, 1.807) is 6.08 Å². The average Bonchev–Trinajstić information content (AvgIpc) is 3.41. The molecule has 1 saturated heterocycles. The minimum atomic E-state index is -1.58. The number of carbonyl (C=O) groups excluding carboxylic acids is 2. The number of carbonyl (C=O) groups is 2. The molecule has 0 saturated carbocycles. The Kier molecular flexibility index (Phi) is 50.1. The minimum absolute atomic E-state index is 0.0465. The molecule has 7 unspecified atom stereocenters. The van der Waals surface area contributed by atoms with Crippen LogP contribution in [0.1, 0.15) is 271 Å². The fourth-order valence-electron chi connectivity index (χ4n) is 9.49. The van der Waals surface area contributed by atoms with E-state index in [2.05, 4.69) is 67.8 Å². The van der Waals surface area contributed by atoms with Crippen molar-refractivity contribution in [1.29, 1.82) is 0 Å². The highest BCUT2D eigenvalue weighted by Gasteiger charge is 2.44. The third kappa shape index (κ3) is 43.0. The maximum Gasteiger partial charge on any atom is 0.305 e. The lowest BCUT2D eigenvalue weighted by atomic mass is 9.99. The van der Waals surface area contributed by atoms with Gasteiger partial charge in [-0.05, 0) is 70.6 Å². The molecule has 1 fully saturated rings. The standard InChI is InChI=1S/C64H115NO10/c1-3-5-7-9-11-13-15-16-17-26-29-32-36-40-44-48-52-60(69)73-53-49-45-41-37-33-30-27-24-22-20-18-19-21-23-25-28-31-35-39-43-47-51-59(68)65-56(55-74-64-63(72)62(71)61(70)58(54-66)75-64)57(67)50-46-42-38-34-14-12-10-8-6-4-2/h6,8,14,30,33-34,41,45-46,50,56-58,61-64,66-67,70-72H,3-5,7,9-13,15-29,31-32,35-40,42-44,47-49,51-55H2,1-2H3,(H,65,68)/b8-6+,33-30-,34-14+,45-41-,50-46+. The summed E-state index contributed by atoms with van der Waals surface area (Å²) in [5.74, 6) is -0.251. The maximum atomic E-state index is 13.0. The second kappa shape index (κ2) is 53.4. The molecule has 0 bridgehead atoms. The molecule has 1 heterocycles. The summed E-state index contributed by atoms with van der Waals surface area (Å²) in [5, 5.41) is 54.2. The van der Waals surface area contributed by atoms with Gasteiger partial charge in [0.25, 0.3) is 0 Å². The van der Waals surface area contributed by atoms with Gasteiger partial charge in [0.2, 0.25) is 5.91 Å². The van der Waals surface area contributed by atoms with Crippen molar-refractivity contribution in [3.63, 3.8) is 0 Å². The largest absolute Gasteiger partial charge is 0.465 e. The Morgan fingerprint density at radius 2 is 0.947 bits per heavy atom. The Balaban J connectivity index is 2.03. The van der Waals surface area contributed by atoms with Gasteiger partial charge < -0.3 is 45.1 Å². The molecule has 0 radical (unpaired) electrons. The molecule has 11 nitrogen and oxygen atoms in total. The summed E-state index contributed by atoms with van der Waals surface area (Å²) in [5.41, 5.74) is 0. The predicted octanol–water partition coefficient (Wildman–Crippen LogP) is 14.6. The number of esters is 1. The number of allylic oxidation sites excluding steroid dienone is 8. The monoisotopic (exact) mass is 1060 g/mol.